The predicted octanol–water partition coefficient (Wildman–Crippen LogP) is 3.46. The van der Waals surface area contributed by atoms with Gasteiger partial charge in [-0.05, 0) is 11.0 Å². The van der Waals surface area contributed by atoms with Crippen LogP contribution in [-0.2, 0) is 24.4 Å². The van der Waals surface area contributed by atoms with Crippen LogP contribution in [0.15, 0.2) is 60.7 Å². The Bertz CT molecular complexity index is 1150. The molecule has 1 atom stereocenters. The van der Waals surface area contributed by atoms with Crippen molar-refractivity contribution in [3.63, 3.8) is 0 Å². The lowest BCUT2D eigenvalue weighted by atomic mass is 9.86. The number of nitrogens with zero attached hydrogens (tertiary/aromatic N) is 3. The number of carbonyl (C=O) groups excluding carboxylic acids is 2. The van der Waals surface area contributed by atoms with Crippen molar-refractivity contribution >= 4 is 11.8 Å². The summed E-state index contributed by atoms with van der Waals surface area (Å²) in [6.07, 6.45) is 0. The van der Waals surface area contributed by atoms with Gasteiger partial charge in [-0.3, -0.25) is 14.5 Å². The Morgan fingerprint density at radius 3 is 2.26 bits per heavy atom. The molecule has 4 rings (SSSR count). The molecule has 0 spiro atoms. The second kappa shape index (κ2) is 9.81. The molecule has 0 saturated carbocycles. The zero-order chi connectivity index (χ0) is 24.3. The molecule has 0 saturated heterocycles. The Balaban J connectivity index is 1.68. The lowest BCUT2D eigenvalue weighted by molar-refractivity contribution is -0.124. The summed E-state index contributed by atoms with van der Waals surface area (Å²) < 4.78 is 2.15. The maximum atomic E-state index is 13.5. The molecule has 0 bridgehead atoms. The number of imidazole rings is 1. The average molecular weight is 460 g/mol. The number of hydrogen-bond donors (Lipinski definition) is 2. The number of fused-ring (bicyclic) bond motifs is 1. The molecule has 1 aliphatic rings. The van der Waals surface area contributed by atoms with Gasteiger partial charge in [-0.2, -0.15) is 0 Å². The molecule has 2 aromatic carbocycles. The fourth-order valence-corrected chi connectivity index (χ4v) is 4.40. The molecular formula is C27H33N5O2. The molecule has 178 valence electrons. The zero-order valence-corrected chi connectivity index (χ0v) is 20.3. The van der Waals surface area contributed by atoms with Crippen LogP contribution in [0.1, 0.15) is 42.5 Å². The van der Waals surface area contributed by atoms with E-state index in [1.165, 1.54) is 5.56 Å². The van der Waals surface area contributed by atoms with Crippen LogP contribution in [0.5, 0.6) is 0 Å². The molecule has 2 N–H and O–H groups in total. The standard InChI is InChI=1S/C27H33N5O2/c1-27(2,3)23(26(34)28-4)30-25(33)22-21-18-31(17-19-11-7-5-8-12-19)15-16-32(21)24(29-22)20-13-9-6-10-14-20/h5-14,23H,15-18H2,1-4H3,(H,28,34)(H,30,33). The van der Waals surface area contributed by atoms with E-state index in [0.717, 1.165) is 36.7 Å². The molecule has 7 nitrogen and oxygen atoms in total. The number of aromatic nitrogens is 2. The number of amides is 2. The second-order valence-corrected chi connectivity index (χ2v) is 9.83. The quantitative estimate of drug-likeness (QED) is 0.592. The van der Waals surface area contributed by atoms with E-state index in [-0.39, 0.29) is 11.8 Å². The summed E-state index contributed by atoms with van der Waals surface area (Å²) in [6.45, 7) is 8.83. The maximum absolute atomic E-state index is 13.5. The summed E-state index contributed by atoms with van der Waals surface area (Å²) >= 11 is 0. The third-order valence-electron chi connectivity index (χ3n) is 6.23. The normalized spacial score (nSPS) is 14.8. The van der Waals surface area contributed by atoms with Gasteiger partial charge < -0.3 is 15.2 Å². The average Bonchev–Trinajstić information content (AvgIpc) is 3.21. The van der Waals surface area contributed by atoms with E-state index in [4.69, 9.17) is 4.98 Å². The summed E-state index contributed by atoms with van der Waals surface area (Å²) in [4.78, 5) is 33.2. The van der Waals surface area contributed by atoms with Crippen LogP contribution in [0.3, 0.4) is 0 Å². The van der Waals surface area contributed by atoms with Gasteiger partial charge in [-0.25, -0.2) is 4.98 Å². The fourth-order valence-electron chi connectivity index (χ4n) is 4.40. The highest BCUT2D eigenvalue weighted by Gasteiger charge is 2.35. The van der Waals surface area contributed by atoms with Crippen molar-refractivity contribution in [1.29, 1.82) is 0 Å². The number of carbonyl (C=O) groups is 2. The molecule has 7 heteroatoms. The minimum Gasteiger partial charge on any atom is -0.357 e. The van der Waals surface area contributed by atoms with E-state index < -0.39 is 11.5 Å². The topological polar surface area (TPSA) is 79.3 Å². The highest BCUT2D eigenvalue weighted by Crippen LogP contribution is 2.28. The Hall–Kier alpha value is -3.45. The molecule has 1 aromatic heterocycles. The number of nitrogens with one attached hydrogen (secondary N) is 2. The smallest absolute Gasteiger partial charge is 0.272 e. The molecule has 3 aromatic rings. The van der Waals surface area contributed by atoms with E-state index >= 15 is 0 Å². The van der Waals surface area contributed by atoms with Crippen molar-refractivity contribution in [2.75, 3.05) is 13.6 Å². The van der Waals surface area contributed by atoms with Crippen molar-refractivity contribution < 1.29 is 9.59 Å². The minimum atomic E-state index is -0.675. The molecule has 0 radical (unpaired) electrons. The first-order chi connectivity index (χ1) is 16.3. The van der Waals surface area contributed by atoms with E-state index in [1.54, 1.807) is 7.05 Å². The molecule has 0 fully saturated rings. The van der Waals surface area contributed by atoms with Crippen molar-refractivity contribution in [3.8, 4) is 11.4 Å². The lowest BCUT2D eigenvalue weighted by Gasteiger charge is -2.31. The van der Waals surface area contributed by atoms with Crippen LogP contribution in [-0.4, -0.2) is 45.9 Å². The van der Waals surface area contributed by atoms with E-state index in [1.807, 2.05) is 69.3 Å². The summed E-state index contributed by atoms with van der Waals surface area (Å²) in [6, 6.07) is 19.6. The Morgan fingerprint density at radius 2 is 1.65 bits per heavy atom. The minimum absolute atomic E-state index is 0.220. The number of benzene rings is 2. The van der Waals surface area contributed by atoms with Gasteiger partial charge in [0.2, 0.25) is 5.91 Å². The van der Waals surface area contributed by atoms with Gasteiger partial charge in [0.15, 0.2) is 5.69 Å². The van der Waals surface area contributed by atoms with Gasteiger partial charge in [0.05, 0.1) is 5.69 Å². The van der Waals surface area contributed by atoms with Crippen LogP contribution in [0.2, 0.25) is 0 Å². The van der Waals surface area contributed by atoms with Crippen LogP contribution < -0.4 is 10.6 Å². The van der Waals surface area contributed by atoms with Crippen LogP contribution >= 0.6 is 0 Å². The van der Waals surface area contributed by atoms with Crippen molar-refractivity contribution in [2.45, 2.75) is 46.4 Å². The lowest BCUT2D eigenvalue weighted by Crippen LogP contribution is -2.53. The first-order valence-corrected chi connectivity index (χ1v) is 11.7. The first-order valence-electron chi connectivity index (χ1n) is 11.7. The molecule has 34 heavy (non-hydrogen) atoms. The number of hydrogen-bond acceptors (Lipinski definition) is 4. The maximum Gasteiger partial charge on any atom is 0.272 e. The highest BCUT2D eigenvalue weighted by atomic mass is 16.2. The third-order valence-corrected chi connectivity index (χ3v) is 6.23. The SMILES string of the molecule is CNC(=O)C(NC(=O)c1nc(-c2ccccc2)n2c1CN(Cc1ccccc1)CC2)C(C)(C)C. The zero-order valence-electron chi connectivity index (χ0n) is 20.3. The van der Waals surface area contributed by atoms with E-state index in [9.17, 15) is 9.59 Å². The van der Waals surface area contributed by atoms with Gasteiger partial charge in [0, 0.05) is 38.8 Å². The Morgan fingerprint density at radius 1 is 1.00 bits per heavy atom. The Kier molecular flexibility index (Phi) is 6.84. The summed E-state index contributed by atoms with van der Waals surface area (Å²) in [7, 11) is 1.58. The molecule has 1 unspecified atom stereocenters. The predicted molar refractivity (Wildman–Crippen MR) is 133 cm³/mol. The third kappa shape index (κ3) is 5.04. The monoisotopic (exact) mass is 459 g/mol. The molecule has 2 amide bonds. The van der Waals surface area contributed by atoms with E-state index in [2.05, 4.69) is 32.2 Å². The van der Waals surface area contributed by atoms with Crippen LogP contribution in [0, 0.1) is 5.41 Å². The van der Waals surface area contributed by atoms with Gasteiger partial charge >= 0.3 is 0 Å². The summed E-state index contributed by atoms with van der Waals surface area (Å²) in [5.41, 5.74) is 3.02. The van der Waals surface area contributed by atoms with Crippen molar-refractivity contribution in [1.82, 2.24) is 25.1 Å². The molecular weight excluding hydrogens is 426 g/mol. The highest BCUT2D eigenvalue weighted by molar-refractivity contribution is 5.97. The van der Waals surface area contributed by atoms with Crippen molar-refractivity contribution in [3.05, 3.63) is 77.6 Å². The van der Waals surface area contributed by atoms with E-state index in [0.29, 0.717) is 12.2 Å². The molecule has 0 aliphatic carbocycles. The first kappa shape index (κ1) is 23.7. The largest absolute Gasteiger partial charge is 0.357 e. The Labute approximate surface area is 201 Å². The van der Waals surface area contributed by atoms with Gasteiger partial charge in [-0.1, -0.05) is 81.4 Å². The second-order valence-electron chi connectivity index (χ2n) is 9.83. The van der Waals surface area contributed by atoms with Crippen LogP contribution in [0.25, 0.3) is 11.4 Å². The summed E-state index contributed by atoms with van der Waals surface area (Å²) in [5, 5.41) is 5.63. The number of rotatable bonds is 6. The van der Waals surface area contributed by atoms with Gasteiger partial charge in [0.25, 0.3) is 5.91 Å². The summed E-state index contributed by atoms with van der Waals surface area (Å²) in [5.74, 6) is 0.242. The van der Waals surface area contributed by atoms with Gasteiger partial charge in [-0.15, -0.1) is 0 Å². The van der Waals surface area contributed by atoms with Crippen LogP contribution in [0.4, 0.5) is 0 Å². The molecule has 1 aliphatic heterocycles. The molecule has 2 heterocycles. The van der Waals surface area contributed by atoms with Gasteiger partial charge in [0.1, 0.15) is 11.9 Å². The number of likely N-dealkylation sites (N-methyl/N-ethyl adjacent to an activating group) is 1. The fraction of sp³-hybridized carbons (Fsp3) is 0.370. The van der Waals surface area contributed by atoms with Crippen molar-refractivity contribution in [2.24, 2.45) is 5.41 Å².